The number of hydrogen-bond donors (Lipinski definition) is 2. The first kappa shape index (κ1) is 8.95. The van der Waals surface area contributed by atoms with Gasteiger partial charge >= 0.3 is 0 Å². The molecule has 64 valence electrons. The Morgan fingerprint density at radius 1 is 1.42 bits per heavy atom. The van der Waals surface area contributed by atoms with Gasteiger partial charge in [0.25, 0.3) is 0 Å². The van der Waals surface area contributed by atoms with Gasteiger partial charge in [-0.05, 0) is 6.07 Å². The van der Waals surface area contributed by atoms with E-state index in [4.69, 9.17) is 5.73 Å². The average molecular weight is 178 g/mol. The number of nitrogens with two attached hydrogens (primary N) is 1. The van der Waals surface area contributed by atoms with Crippen LogP contribution in [0.3, 0.4) is 0 Å². The largest absolute Gasteiger partial charge is 0.396 e. The molecule has 0 radical (unpaired) electrons. The van der Waals surface area contributed by atoms with Gasteiger partial charge in [0.2, 0.25) is 0 Å². The smallest absolute Gasteiger partial charge is 0.129 e. The summed E-state index contributed by atoms with van der Waals surface area (Å²) in [4.78, 5) is 3.00. The molecule has 3 heteroatoms. The summed E-state index contributed by atoms with van der Waals surface area (Å²) in [5.41, 5.74) is 10.5. The topological polar surface area (TPSA) is 41.8 Å². The molecule has 0 saturated carbocycles. The third-order valence-corrected chi connectivity index (χ3v) is 2.22. The molecule has 1 aromatic rings. The van der Waals surface area contributed by atoms with E-state index >= 15 is 0 Å². The summed E-state index contributed by atoms with van der Waals surface area (Å²) in [6.07, 6.45) is 1.81. The maximum Gasteiger partial charge on any atom is 0.129 e. The Labute approximate surface area is 74.2 Å². The number of H-pyrrole nitrogens is 1. The van der Waals surface area contributed by atoms with E-state index in [9.17, 15) is 0 Å². The Kier molecular flexibility index (Phi) is 2.29. The van der Waals surface area contributed by atoms with Crippen LogP contribution in [-0.2, 0) is 0 Å². The van der Waals surface area contributed by atoms with E-state index < -0.39 is 8.07 Å². The maximum absolute atomic E-state index is 5.65. The lowest BCUT2D eigenvalue weighted by atomic mass is 10.4. The normalized spacial score (nSPS) is 10.6. The molecule has 1 aromatic heterocycles. The Hall–Kier alpha value is -1.14. The van der Waals surface area contributed by atoms with Crippen molar-refractivity contribution in [3.05, 3.63) is 18.0 Å². The van der Waals surface area contributed by atoms with Crippen molar-refractivity contribution in [2.45, 2.75) is 19.6 Å². The predicted molar refractivity (Wildman–Crippen MR) is 55.4 cm³/mol. The third kappa shape index (κ3) is 2.48. The SMILES string of the molecule is C[Si](C)(C)C#Cc1[nH]ccc1N. The second-order valence-electron chi connectivity index (χ2n) is 3.81. The second kappa shape index (κ2) is 3.08. The Balaban J connectivity index is 2.87. The first-order valence-electron chi connectivity index (χ1n) is 3.95. The molecule has 0 aliphatic carbocycles. The van der Waals surface area contributed by atoms with Gasteiger partial charge in [-0.2, -0.15) is 0 Å². The van der Waals surface area contributed by atoms with Crippen LogP contribution in [-0.4, -0.2) is 13.1 Å². The van der Waals surface area contributed by atoms with Gasteiger partial charge in [-0.15, -0.1) is 5.54 Å². The van der Waals surface area contributed by atoms with Gasteiger partial charge in [0, 0.05) is 6.20 Å². The fourth-order valence-corrected chi connectivity index (χ4v) is 1.24. The summed E-state index contributed by atoms with van der Waals surface area (Å²) < 4.78 is 0. The van der Waals surface area contributed by atoms with Crippen LogP contribution in [0, 0.1) is 11.5 Å². The van der Waals surface area contributed by atoms with Crippen LogP contribution >= 0.6 is 0 Å². The van der Waals surface area contributed by atoms with Crippen LogP contribution in [0.4, 0.5) is 5.69 Å². The van der Waals surface area contributed by atoms with Crippen molar-refractivity contribution in [3.63, 3.8) is 0 Å². The van der Waals surface area contributed by atoms with E-state index in [2.05, 4.69) is 36.1 Å². The lowest BCUT2D eigenvalue weighted by Crippen LogP contribution is -2.16. The van der Waals surface area contributed by atoms with Gasteiger partial charge in [0.1, 0.15) is 13.8 Å². The van der Waals surface area contributed by atoms with Gasteiger partial charge in [-0.3, -0.25) is 0 Å². The second-order valence-corrected chi connectivity index (χ2v) is 8.56. The highest BCUT2D eigenvalue weighted by Crippen LogP contribution is 2.06. The van der Waals surface area contributed by atoms with E-state index in [0.717, 1.165) is 11.4 Å². The minimum atomic E-state index is -1.27. The molecule has 0 bridgehead atoms. The third-order valence-electron chi connectivity index (χ3n) is 1.34. The van der Waals surface area contributed by atoms with Crippen molar-refractivity contribution in [3.8, 4) is 11.5 Å². The van der Waals surface area contributed by atoms with Crippen LogP contribution in [0.15, 0.2) is 12.3 Å². The molecule has 1 rings (SSSR count). The molecular weight excluding hydrogens is 164 g/mol. The highest BCUT2D eigenvalue weighted by molar-refractivity contribution is 6.83. The minimum absolute atomic E-state index is 0.737. The van der Waals surface area contributed by atoms with Gasteiger partial charge in [-0.25, -0.2) is 0 Å². The molecule has 2 nitrogen and oxygen atoms in total. The maximum atomic E-state index is 5.65. The fraction of sp³-hybridized carbons (Fsp3) is 0.333. The average Bonchev–Trinajstić information content (AvgIpc) is 2.29. The van der Waals surface area contributed by atoms with Gasteiger partial charge < -0.3 is 10.7 Å². The van der Waals surface area contributed by atoms with Crippen LogP contribution < -0.4 is 5.73 Å². The molecule has 3 N–H and O–H groups in total. The highest BCUT2D eigenvalue weighted by Gasteiger charge is 2.07. The van der Waals surface area contributed by atoms with Gasteiger partial charge in [0.15, 0.2) is 0 Å². The van der Waals surface area contributed by atoms with E-state index in [1.54, 1.807) is 0 Å². The Morgan fingerprint density at radius 2 is 2.08 bits per heavy atom. The van der Waals surface area contributed by atoms with Crippen molar-refractivity contribution in [1.82, 2.24) is 4.98 Å². The molecule has 0 fully saturated rings. The van der Waals surface area contributed by atoms with Crippen LogP contribution in [0.1, 0.15) is 5.69 Å². The molecule has 1 heterocycles. The zero-order valence-corrected chi connectivity index (χ0v) is 8.73. The summed E-state index contributed by atoms with van der Waals surface area (Å²) >= 11 is 0. The van der Waals surface area contributed by atoms with Gasteiger partial charge in [0.05, 0.1) is 5.69 Å². The zero-order chi connectivity index (χ0) is 9.19. The lowest BCUT2D eigenvalue weighted by Gasteiger charge is -2.02. The number of nitrogens with one attached hydrogen (secondary N) is 1. The predicted octanol–water partition coefficient (Wildman–Crippen LogP) is 1.83. The number of hydrogen-bond acceptors (Lipinski definition) is 1. The van der Waals surface area contributed by atoms with Crippen molar-refractivity contribution in [2.75, 3.05) is 5.73 Å². The molecule has 0 saturated heterocycles. The number of anilines is 1. The van der Waals surface area contributed by atoms with Crippen molar-refractivity contribution < 1.29 is 0 Å². The molecule has 0 aliphatic rings. The van der Waals surface area contributed by atoms with Crippen LogP contribution in [0.2, 0.25) is 19.6 Å². The van der Waals surface area contributed by atoms with Gasteiger partial charge in [-0.1, -0.05) is 25.6 Å². The van der Waals surface area contributed by atoms with Crippen LogP contribution in [0.25, 0.3) is 0 Å². The molecule has 12 heavy (non-hydrogen) atoms. The first-order valence-corrected chi connectivity index (χ1v) is 7.45. The number of aromatic nitrogens is 1. The van der Waals surface area contributed by atoms with Crippen LogP contribution in [0.5, 0.6) is 0 Å². The fourth-order valence-electron chi connectivity index (χ4n) is 0.740. The lowest BCUT2D eigenvalue weighted by molar-refractivity contribution is 1.37. The van der Waals surface area contributed by atoms with Crippen molar-refractivity contribution in [2.24, 2.45) is 0 Å². The van der Waals surface area contributed by atoms with Crippen molar-refractivity contribution in [1.29, 1.82) is 0 Å². The summed E-state index contributed by atoms with van der Waals surface area (Å²) in [5, 5.41) is 0. The standard InChI is InChI=1S/C9H14N2Si/c1-12(2,3)7-5-9-8(10)4-6-11-9/h4,6,11H,10H2,1-3H3. The van der Waals surface area contributed by atoms with E-state index in [0.29, 0.717) is 0 Å². The number of rotatable bonds is 0. The molecule has 0 spiro atoms. The van der Waals surface area contributed by atoms with Crippen molar-refractivity contribution >= 4 is 13.8 Å². The zero-order valence-electron chi connectivity index (χ0n) is 7.73. The summed E-state index contributed by atoms with van der Waals surface area (Å²) in [7, 11) is -1.27. The molecule has 0 amide bonds. The number of aromatic amines is 1. The summed E-state index contributed by atoms with van der Waals surface area (Å²) in [6, 6.07) is 1.83. The molecule has 0 aliphatic heterocycles. The van der Waals surface area contributed by atoms with E-state index in [-0.39, 0.29) is 0 Å². The molecular formula is C9H14N2Si. The minimum Gasteiger partial charge on any atom is -0.396 e. The quantitative estimate of drug-likeness (QED) is 0.462. The summed E-state index contributed by atoms with van der Waals surface area (Å²) in [6.45, 7) is 6.62. The Morgan fingerprint density at radius 3 is 2.50 bits per heavy atom. The molecule has 0 unspecified atom stereocenters. The van der Waals surface area contributed by atoms with E-state index in [1.165, 1.54) is 0 Å². The number of nitrogen functional groups attached to an aromatic ring is 1. The highest BCUT2D eigenvalue weighted by atomic mass is 28.3. The Bertz CT molecular complexity index is 322. The monoisotopic (exact) mass is 178 g/mol. The molecule has 0 atom stereocenters. The van der Waals surface area contributed by atoms with E-state index in [1.807, 2.05) is 12.3 Å². The summed E-state index contributed by atoms with van der Waals surface area (Å²) in [5.74, 6) is 3.06. The molecule has 0 aromatic carbocycles. The first-order chi connectivity index (χ1) is 5.49.